The summed E-state index contributed by atoms with van der Waals surface area (Å²) >= 11 is 12.8. The van der Waals surface area contributed by atoms with E-state index in [0.717, 1.165) is 0 Å². The number of amides is 1. The van der Waals surface area contributed by atoms with Gasteiger partial charge < -0.3 is 10.1 Å². The van der Waals surface area contributed by atoms with E-state index in [9.17, 15) is 9.59 Å². The molecule has 0 fully saturated rings. The molecule has 20 heavy (non-hydrogen) atoms. The van der Waals surface area contributed by atoms with Gasteiger partial charge in [0.05, 0.1) is 23.4 Å². The SMILES string of the molecule is COC(=O)c1sccc1NC(=O)c1cc(Cl)ncc1Cl. The predicted molar refractivity (Wildman–Crippen MR) is 77.9 cm³/mol. The first kappa shape index (κ1) is 14.8. The number of esters is 1. The van der Waals surface area contributed by atoms with E-state index >= 15 is 0 Å². The van der Waals surface area contributed by atoms with Crippen molar-refractivity contribution in [1.82, 2.24) is 4.98 Å². The molecule has 0 aromatic carbocycles. The van der Waals surface area contributed by atoms with E-state index in [2.05, 4.69) is 15.0 Å². The normalized spacial score (nSPS) is 10.2. The molecule has 0 unspecified atom stereocenters. The average Bonchev–Trinajstić information content (AvgIpc) is 2.88. The van der Waals surface area contributed by atoms with Crippen LogP contribution in [0.3, 0.4) is 0 Å². The number of methoxy groups -OCH3 is 1. The maximum Gasteiger partial charge on any atom is 0.350 e. The van der Waals surface area contributed by atoms with Gasteiger partial charge in [-0.05, 0) is 17.5 Å². The number of rotatable bonds is 3. The first-order chi connectivity index (χ1) is 9.52. The quantitative estimate of drug-likeness (QED) is 0.690. The average molecular weight is 331 g/mol. The van der Waals surface area contributed by atoms with Crippen LogP contribution < -0.4 is 5.32 Å². The molecule has 0 aliphatic heterocycles. The standard InChI is InChI=1S/C12H8Cl2N2O3S/c1-19-12(18)10-8(2-3-20-10)16-11(17)6-4-9(14)15-5-7(6)13/h2-5H,1H3,(H,16,17). The number of aromatic nitrogens is 1. The van der Waals surface area contributed by atoms with E-state index in [-0.39, 0.29) is 15.7 Å². The highest BCUT2D eigenvalue weighted by Gasteiger charge is 2.18. The van der Waals surface area contributed by atoms with Gasteiger partial charge in [-0.2, -0.15) is 0 Å². The van der Waals surface area contributed by atoms with Crippen LogP contribution in [0.25, 0.3) is 0 Å². The number of hydrogen-bond donors (Lipinski definition) is 1. The fourth-order valence-electron chi connectivity index (χ4n) is 1.44. The van der Waals surface area contributed by atoms with Crippen LogP contribution >= 0.6 is 34.5 Å². The number of thiophene rings is 1. The molecule has 2 aromatic rings. The van der Waals surface area contributed by atoms with Crippen molar-refractivity contribution in [2.75, 3.05) is 12.4 Å². The topological polar surface area (TPSA) is 68.3 Å². The molecule has 0 radical (unpaired) electrons. The van der Waals surface area contributed by atoms with Crippen LogP contribution in [0.5, 0.6) is 0 Å². The van der Waals surface area contributed by atoms with Crippen molar-refractivity contribution in [3.05, 3.63) is 44.3 Å². The van der Waals surface area contributed by atoms with Crippen LogP contribution in [-0.2, 0) is 4.74 Å². The summed E-state index contributed by atoms with van der Waals surface area (Å²) in [5.74, 6) is -1.00. The molecule has 2 heterocycles. The minimum atomic E-state index is -0.519. The molecule has 2 aromatic heterocycles. The van der Waals surface area contributed by atoms with Gasteiger partial charge in [0.25, 0.3) is 5.91 Å². The second-order valence-electron chi connectivity index (χ2n) is 3.60. The highest BCUT2D eigenvalue weighted by molar-refractivity contribution is 7.12. The Morgan fingerprint density at radius 2 is 2.15 bits per heavy atom. The first-order valence-electron chi connectivity index (χ1n) is 5.31. The Bertz CT molecular complexity index is 672. The van der Waals surface area contributed by atoms with Crippen molar-refractivity contribution in [3.63, 3.8) is 0 Å². The molecule has 0 bridgehead atoms. The highest BCUT2D eigenvalue weighted by atomic mass is 35.5. The monoisotopic (exact) mass is 330 g/mol. The molecule has 1 N–H and O–H groups in total. The maximum atomic E-state index is 12.1. The van der Waals surface area contributed by atoms with E-state index in [0.29, 0.717) is 10.6 Å². The Morgan fingerprint density at radius 1 is 1.40 bits per heavy atom. The molecule has 8 heteroatoms. The Morgan fingerprint density at radius 3 is 2.85 bits per heavy atom. The molecule has 0 spiro atoms. The second kappa shape index (κ2) is 6.21. The minimum Gasteiger partial charge on any atom is -0.465 e. The lowest BCUT2D eigenvalue weighted by molar-refractivity contribution is 0.0607. The van der Waals surface area contributed by atoms with Crippen molar-refractivity contribution < 1.29 is 14.3 Å². The van der Waals surface area contributed by atoms with E-state index in [1.807, 2.05) is 0 Å². The number of halogens is 2. The molecule has 1 amide bonds. The number of hydrogen-bond acceptors (Lipinski definition) is 5. The molecular weight excluding hydrogens is 323 g/mol. The van der Waals surface area contributed by atoms with Crippen LogP contribution in [0.2, 0.25) is 10.2 Å². The van der Waals surface area contributed by atoms with Crippen molar-refractivity contribution in [2.45, 2.75) is 0 Å². The zero-order valence-corrected chi connectivity index (χ0v) is 12.5. The zero-order valence-electron chi connectivity index (χ0n) is 10.1. The second-order valence-corrected chi connectivity index (χ2v) is 5.31. The molecule has 2 rings (SSSR count). The lowest BCUT2D eigenvalue weighted by Crippen LogP contribution is -2.14. The number of carbonyl (C=O) groups is 2. The summed E-state index contributed by atoms with van der Waals surface area (Å²) in [5, 5.41) is 4.58. The summed E-state index contributed by atoms with van der Waals surface area (Å²) < 4.78 is 4.63. The number of pyridine rings is 1. The van der Waals surface area contributed by atoms with E-state index in [4.69, 9.17) is 23.2 Å². The minimum absolute atomic E-state index is 0.151. The van der Waals surface area contributed by atoms with Gasteiger partial charge in [0.1, 0.15) is 10.0 Å². The van der Waals surface area contributed by atoms with E-state index in [1.165, 1.54) is 30.7 Å². The molecule has 104 valence electrons. The number of carbonyl (C=O) groups excluding carboxylic acids is 2. The molecule has 0 aliphatic carbocycles. The molecule has 5 nitrogen and oxygen atoms in total. The number of nitrogens with one attached hydrogen (secondary N) is 1. The van der Waals surface area contributed by atoms with Crippen molar-refractivity contribution in [3.8, 4) is 0 Å². The fraction of sp³-hybridized carbons (Fsp3) is 0.0833. The Labute approximate surface area is 128 Å². The molecule has 0 aliphatic rings. The summed E-state index contributed by atoms with van der Waals surface area (Å²) in [5.41, 5.74) is 0.532. The van der Waals surface area contributed by atoms with Crippen molar-refractivity contribution in [2.24, 2.45) is 0 Å². The van der Waals surface area contributed by atoms with Crippen LogP contribution in [-0.4, -0.2) is 24.0 Å². The molecule has 0 saturated heterocycles. The van der Waals surface area contributed by atoms with Gasteiger partial charge in [-0.25, -0.2) is 9.78 Å². The van der Waals surface area contributed by atoms with Crippen LogP contribution in [0.1, 0.15) is 20.0 Å². The van der Waals surface area contributed by atoms with Crippen LogP contribution in [0, 0.1) is 0 Å². The third-order valence-corrected chi connectivity index (χ3v) is 3.75. The number of anilines is 1. The van der Waals surface area contributed by atoms with Crippen LogP contribution in [0.4, 0.5) is 5.69 Å². The highest BCUT2D eigenvalue weighted by Crippen LogP contribution is 2.25. The molecule has 0 saturated carbocycles. The summed E-state index contributed by atoms with van der Waals surface area (Å²) in [6, 6.07) is 2.95. The van der Waals surface area contributed by atoms with Gasteiger partial charge in [-0.15, -0.1) is 11.3 Å². The third kappa shape index (κ3) is 3.09. The largest absolute Gasteiger partial charge is 0.465 e. The summed E-state index contributed by atoms with van der Waals surface area (Å²) in [6.45, 7) is 0. The third-order valence-electron chi connectivity index (χ3n) is 2.35. The maximum absolute atomic E-state index is 12.1. The Hall–Kier alpha value is -1.63. The van der Waals surface area contributed by atoms with Crippen LogP contribution in [0.15, 0.2) is 23.7 Å². The Balaban J connectivity index is 2.26. The van der Waals surface area contributed by atoms with Gasteiger partial charge in [-0.3, -0.25) is 4.79 Å². The number of ether oxygens (including phenoxy) is 1. The van der Waals surface area contributed by atoms with E-state index in [1.54, 1.807) is 11.4 Å². The summed E-state index contributed by atoms with van der Waals surface area (Å²) in [4.78, 5) is 27.7. The van der Waals surface area contributed by atoms with Gasteiger partial charge in [-0.1, -0.05) is 23.2 Å². The zero-order chi connectivity index (χ0) is 14.7. The smallest absolute Gasteiger partial charge is 0.350 e. The summed E-state index contributed by atoms with van der Waals surface area (Å²) in [6.07, 6.45) is 1.29. The van der Waals surface area contributed by atoms with Gasteiger partial charge in [0, 0.05) is 6.20 Å². The van der Waals surface area contributed by atoms with Crippen molar-refractivity contribution in [1.29, 1.82) is 0 Å². The summed E-state index contributed by atoms with van der Waals surface area (Å²) in [7, 11) is 1.27. The number of nitrogens with zero attached hydrogens (tertiary/aromatic N) is 1. The lowest BCUT2D eigenvalue weighted by atomic mass is 10.2. The van der Waals surface area contributed by atoms with Gasteiger partial charge in [0.15, 0.2) is 0 Å². The Kier molecular flexibility index (Phi) is 4.59. The van der Waals surface area contributed by atoms with Gasteiger partial charge >= 0.3 is 5.97 Å². The fourth-order valence-corrected chi connectivity index (χ4v) is 2.55. The molecular formula is C12H8Cl2N2O3S. The first-order valence-corrected chi connectivity index (χ1v) is 6.94. The molecule has 0 atom stereocenters. The van der Waals surface area contributed by atoms with Crippen molar-refractivity contribution >= 4 is 52.1 Å². The van der Waals surface area contributed by atoms with Gasteiger partial charge in [0.2, 0.25) is 0 Å². The lowest BCUT2D eigenvalue weighted by Gasteiger charge is -2.07. The van der Waals surface area contributed by atoms with E-state index < -0.39 is 11.9 Å². The predicted octanol–water partition coefficient (Wildman–Crippen LogP) is 3.49.